The van der Waals surface area contributed by atoms with Crippen LogP contribution in [0.5, 0.6) is 0 Å². The van der Waals surface area contributed by atoms with Gasteiger partial charge in [-0.25, -0.2) is 4.79 Å². The summed E-state index contributed by atoms with van der Waals surface area (Å²) in [6.45, 7) is 10.5. The molecule has 2 atom stereocenters. The van der Waals surface area contributed by atoms with E-state index in [9.17, 15) is 19.5 Å². The molecule has 0 heterocycles. The van der Waals surface area contributed by atoms with Crippen molar-refractivity contribution in [3.63, 3.8) is 0 Å². The Balaban J connectivity index is 2.36. The number of likely N-dealkylation sites (N-methyl/N-ethyl adjacent to an activating group) is 1. The Labute approximate surface area is 207 Å². The van der Waals surface area contributed by atoms with Gasteiger partial charge in [0.25, 0.3) is 0 Å². The number of nitrogens with one attached hydrogen (secondary N) is 2. The second-order valence-corrected chi connectivity index (χ2v) is 9.47. The van der Waals surface area contributed by atoms with E-state index in [4.69, 9.17) is 4.74 Å². The topological polar surface area (TPSA) is 108 Å². The van der Waals surface area contributed by atoms with Crippen LogP contribution < -0.4 is 10.6 Å². The molecule has 8 heteroatoms. The zero-order valence-corrected chi connectivity index (χ0v) is 21.4. The van der Waals surface area contributed by atoms with Crippen molar-refractivity contribution in [2.75, 3.05) is 13.2 Å². The third-order valence-corrected chi connectivity index (χ3v) is 5.38. The summed E-state index contributed by atoms with van der Waals surface area (Å²) in [7, 11) is 0. The molecular formula is C27H37N3O5. The smallest absolute Gasteiger partial charge is 0.408 e. The second-order valence-electron chi connectivity index (χ2n) is 9.47. The molecule has 0 saturated heterocycles. The maximum Gasteiger partial charge on any atom is 0.408 e. The number of benzene rings is 2. The van der Waals surface area contributed by atoms with Crippen LogP contribution in [0.4, 0.5) is 4.79 Å². The van der Waals surface area contributed by atoms with Gasteiger partial charge in [-0.05, 0) is 58.2 Å². The van der Waals surface area contributed by atoms with Gasteiger partial charge in [-0.2, -0.15) is 0 Å². The lowest BCUT2D eigenvalue weighted by Gasteiger charge is -2.34. The molecule has 0 aliphatic rings. The summed E-state index contributed by atoms with van der Waals surface area (Å²) in [6.07, 6.45) is -0.822. The molecule has 0 spiro atoms. The molecule has 0 bridgehead atoms. The number of aryl methyl sites for hydroxylation is 2. The predicted octanol–water partition coefficient (Wildman–Crippen LogP) is 3.40. The molecule has 190 valence electrons. The summed E-state index contributed by atoms with van der Waals surface area (Å²) in [6, 6.07) is 12.9. The van der Waals surface area contributed by atoms with Crippen molar-refractivity contribution >= 4 is 17.9 Å². The van der Waals surface area contributed by atoms with Crippen LogP contribution in [0.1, 0.15) is 56.0 Å². The number of rotatable bonds is 9. The van der Waals surface area contributed by atoms with E-state index in [1.165, 1.54) is 4.90 Å². The fourth-order valence-electron chi connectivity index (χ4n) is 3.77. The van der Waals surface area contributed by atoms with Gasteiger partial charge in [0.15, 0.2) is 0 Å². The minimum absolute atomic E-state index is 0.183. The Hall–Kier alpha value is -3.39. The van der Waals surface area contributed by atoms with Crippen molar-refractivity contribution in [1.29, 1.82) is 0 Å². The van der Waals surface area contributed by atoms with E-state index in [1.54, 1.807) is 27.7 Å². The highest BCUT2D eigenvalue weighted by molar-refractivity contribution is 5.92. The lowest BCUT2D eigenvalue weighted by atomic mass is 9.96. The molecule has 2 rings (SSSR count). The van der Waals surface area contributed by atoms with E-state index >= 15 is 0 Å². The van der Waals surface area contributed by atoms with Crippen molar-refractivity contribution in [2.24, 2.45) is 0 Å². The zero-order chi connectivity index (χ0) is 26.2. The van der Waals surface area contributed by atoms with Gasteiger partial charge in [-0.1, -0.05) is 54.1 Å². The van der Waals surface area contributed by atoms with Crippen molar-refractivity contribution in [1.82, 2.24) is 15.5 Å². The lowest BCUT2D eigenvalue weighted by Crippen LogP contribution is -2.54. The van der Waals surface area contributed by atoms with Crippen LogP contribution in [0.15, 0.2) is 48.5 Å². The fourth-order valence-corrected chi connectivity index (χ4v) is 3.77. The highest BCUT2D eigenvalue weighted by Crippen LogP contribution is 2.26. The number of carbonyl (C=O) groups excluding carboxylic acids is 3. The first kappa shape index (κ1) is 27.9. The monoisotopic (exact) mass is 483 g/mol. The maximum atomic E-state index is 13.5. The molecular weight excluding hydrogens is 446 g/mol. The van der Waals surface area contributed by atoms with E-state index in [2.05, 4.69) is 10.6 Å². The van der Waals surface area contributed by atoms with Gasteiger partial charge in [-0.3, -0.25) is 9.59 Å². The van der Waals surface area contributed by atoms with Crippen LogP contribution in [0, 0.1) is 13.8 Å². The zero-order valence-electron chi connectivity index (χ0n) is 21.4. The minimum atomic E-state index is -1.26. The van der Waals surface area contributed by atoms with E-state index in [-0.39, 0.29) is 12.5 Å². The molecule has 8 nitrogen and oxygen atoms in total. The second kappa shape index (κ2) is 12.4. The first-order valence-electron chi connectivity index (χ1n) is 11.8. The Bertz CT molecular complexity index is 1020. The lowest BCUT2D eigenvalue weighted by molar-refractivity contribution is -0.143. The highest BCUT2D eigenvalue weighted by Gasteiger charge is 2.35. The van der Waals surface area contributed by atoms with Gasteiger partial charge < -0.3 is 25.4 Å². The average Bonchev–Trinajstić information content (AvgIpc) is 2.79. The number of carbonyl (C=O) groups is 3. The Kier molecular flexibility index (Phi) is 9.83. The van der Waals surface area contributed by atoms with Gasteiger partial charge in [-0.15, -0.1) is 0 Å². The molecule has 0 aromatic heterocycles. The van der Waals surface area contributed by atoms with Gasteiger partial charge in [0.1, 0.15) is 17.7 Å². The molecule has 3 amide bonds. The van der Waals surface area contributed by atoms with Crippen LogP contribution in [-0.2, 0) is 20.9 Å². The summed E-state index contributed by atoms with van der Waals surface area (Å²) >= 11 is 0. The average molecular weight is 484 g/mol. The van der Waals surface area contributed by atoms with Crippen molar-refractivity contribution in [2.45, 2.75) is 65.8 Å². The highest BCUT2D eigenvalue weighted by atomic mass is 16.6. The number of alkyl carbamates (subject to hydrolysis) is 1. The van der Waals surface area contributed by atoms with Crippen LogP contribution in [0.25, 0.3) is 0 Å². The largest absolute Gasteiger partial charge is 0.444 e. The van der Waals surface area contributed by atoms with Gasteiger partial charge in [0.2, 0.25) is 11.8 Å². The van der Waals surface area contributed by atoms with Crippen LogP contribution in [0.3, 0.4) is 0 Å². The Morgan fingerprint density at radius 1 is 1.06 bits per heavy atom. The Morgan fingerprint density at radius 3 is 2.26 bits per heavy atom. The van der Waals surface area contributed by atoms with Gasteiger partial charge in [0.05, 0.1) is 6.61 Å². The third kappa shape index (κ3) is 8.10. The summed E-state index contributed by atoms with van der Waals surface area (Å²) in [4.78, 5) is 40.6. The first-order valence-corrected chi connectivity index (χ1v) is 11.8. The van der Waals surface area contributed by atoms with E-state index in [1.807, 2.05) is 62.4 Å². The summed E-state index contributed by atoms with van der Waals surface area (Å²) < 4.78 is 5.23. The molecule has 2 aromatic carbocycles. The van der Waals surface area contributed by atoms with Crippen LogP contribution >= 0.6 is 0 Å². The Morgan fingerprint density at radius 2 is 1.71 bits per heavy atom. The van der Waals surface area contributed by atoms with Gasteiger partial charge in [0, 0.05) is 13.1 Å². The molecule has 0 saturated carbocycles. The van der Waals surface area contributed by atoms with E-state index < -0.39 is 36.3 Å². The van der Waals surface area contributed by atoms with Crippen molar-refractivity contribution < 1.29 is 24.2 Å². The number of ether oxygens (including phenoxy) is 1. The fraction of sp³-hybridized carbons (Fsp3) is 0.444. The third-order valence-electron chi connectivity index (χ3n) is 5.38. The number of amides is 3. The molecule has 35 heavy (non-hydrogen) atoms. The normalized spacial score (nSPS) is 12.9. The van der Waals surface area contributed by atoms with E-state index in [0.717, 1.165) is 16.7 Å². The molecule has 2 aromatic rings. The SMILES string of the molecule is CCN(C(=O)C(CO)NC(=O)OC(C)(C)C)C(C(=O)NCc1ccccc1)c1ccc(C)cc1C. The number of aliphatic hydroxyl groups is 1. The number of nitrogens with zero attached hydrogens (tertiary/aromatic N) is 1. The molecule has 0 aliphatic heterocycles. The molecule has 3 N–H and O–H groups in total. The number of aliphatic hydroxyl groups excluding tert-OH is 1. The summed E-state index contributed by atoms with van der Waals surface area (Å²) in [5, 5.41) is 15.3. The standard InChI is InChI=1S/C27H37N3O5/c1-7-30(25(33)22(17-31)29-26(34)35-27(4,5)6)23(21-14-13-18(2)15-19(21)3)24(32)28-16-20-11-9-8-10-12-20/h8-15,22-23,31H,7,16-17H2,1-6H3,(H,28,32)(H,29,34). The van der Waals surface area contributed by atoms with Crippen LogP contribution in [-0.4, -0.2) is 52.7 Å². The minimum Gasteiger partial charge on any atom is -0.444 e. The quantitative estimate of drug-likeness (QED) is 0.507. The summed E-state index contributed by atoms with van der Waals surface area (Å²) in [5.41, 5.74) is 2.72. The maximum absolute atomic E-state index is 13.5. The first-order chi connectivity index (χ1) is 16.5. The summed E-state index contributed by atoms with van der Waals surface area (Å²) in [5.74, 6) is -0.939. The van der Waals surface area contributed by atoms with Crippen LogP contribution in [0.2, 0.25) is 0 Å². The predicted molar refractivity (Wildman–Crippen MR) is 135 cm³/mol. The van der Waals surface area contributed by atoms with Gasteiger partial charge >= 0.3 is 6.09 Å². The van der Waals surface area contributed by atoms with Crippen molar-refractivity contribution in [3.8, 4) is 0 Å². The number of hydrogen-bond donors (Lipinski definition) is 3. The molecule has 0 aliphatic carbocycles. The van der Waals surface area contributed by atoms with E-state index in [0.29, 0.717) is 12.1 Å². The molecule has 0 radical (unpaired) electrons. The van der Waals surface area contributed by atoms with Crippen molar-refractivity contribution in [3.05, 3.63) is 70.8 Å². The number of hydrogen-bond acceptors (Lipinski definition) is 5. The molecule has 0 fully saturated rings. The molecule has 2 unspecified atom stereocenters.